The molecule has 0 nitrogen and oxygen atoms in total. The number of rotatable bonds is 3. The van der Waals surface area contributed by atoms with Gasteiger partial charge in [0.15, 0.2) is 0 Å². The molecule has 0 unspecified atom stereocenters. The van der Waals surface area contributed by atoms with Gasteiger partial charge in [0.25, 0.3) is 0 Å². The van der Waals surface area contributed by atoms with Crippen molar-refractivity contribution in [2.45, 2.75) is 47.0 Å². The molecule has 82 valence electrons. The summed E-state index contributed by atoms with van der Waals surface area (Å²) < 4.78 is 0. The van der Waals surface area contributed by atoms with Crippen LogP contribution in [0.4, 0.5) is 0 Å². The summed E-state index contributed by atoms with van der Waals surface area (Å²) in [6.07, 6.45) is 1.03. The van der Waals surface area contributed by atoms with Crippen LogP contribution in [0.25, 0.3) is 5.57 Å². The van der Waals surface area contributed by atoms with Crippen LogP contribution in [0.3, 0.4) is 0 Å². The molecule has 0 atom stereocenters. The van der Waals surface area contributed by atoms with Crippen molar-refractivity contribution in [2.75, 3.05) is 0 Å². The van der Waals surface area contributed by atoms with Gasteiger partial charge in [0, 0.05) is 0 Å². The second kappa shape index (κ2) is 4.65. The second-order valence-electron chi connectivity index (χ2n) is 4.64. The zero-order chi connectivity index (χ0) is 11.6. The Labute approximate surface area is 94.0 Å². The Balaban J connectivity index is 3.25. The fraction of sp³-hybridized carbons (Fsp3) is 0.467. The van der Waals surface area contributed by atoms with Crippen molar-refractivity contribution in [2.24, 2.45) is 0 Å². The molecule has 1 rings (SSSR count). The first kappa shape index (κ1) is 12.0. The third kappa shape index (κ3) is 2.50. The van der Waals surface area contributed by atoms with Gasteiger partial charge in [-0.25, -0.2) is 0 Å². The summed E-state index contributed by atoms with van der Waals surface area (Å²) in [6, 6.07) is 4.60. The molecule has 0 heteroatoms. The molecule has 0 radical (unpaired) electrons. The summed E-state index contributed by atoms with van der Waals surface area (Å²) >= 11 is 0. The number of benzene rings is 1. The molecule has 1 aromatic rings. The van der Waals surface area contributed by atoms with E-state index in [9.17, 15) is 0 Å². The fourth-order valence-corrected chi connectivity index (χ4v) is 2.03. The van der Waals surface area contributed by atoms with E-state index in [0.717, 1.165) is 6.42 Å². The minimum Gasteiger partial charge on any atom is -0.0952 e. The monoisotopic (exact) mass is 202 g/mol. The largest absolute Gasteiger partial charge is 0.0952 e. The molecule has 0 aromatic heterocycles. The molecule has 0 bridgehead atoms. The Morgan fingerprint density at radius 3 is 2.27 bits per heavy atom. The van der Waals surface area contributed by atoms with Crippen molar-refractivity contribution in [3.63, 3.8) is 0 Å². The van der Waals surface area contributed by atoms with Gasteiger partial charge in [0.1, 0.15) is 0 Å². The van der Waals surface area contributed by atoms with Gasteiger partial charge in [0.05, 0.1) is 0 Å². The Kier molecular flexibility index (Phi) is 3.73. The van der Waals surface area contributed by atoms with E-state index >= 15 is 0 Å². The van der Waals surface area contributed by atoms with Crippen LogP contribution < -0.4 is 0 Å². The summed E-state index contributed by atoms with van der Waals surface area (Å²) in [6.45, 7) is 15.2. The molecule has 0 amide bonds. The van der Waals surface area contributed by atoms with Crippen molar-refractivity contribution < 1.29 is 0 Å². The van der Waals surface area contributed by atoms with Crippen LogP contribution in [0.5, 0.6) is 0 Å². The van der Waals surface area contributed by atoms with Gasteiger partial charge in [-0.15, -0.1) is 0 Å². The molecule has 15 heavy (non-hydrogen) atoms. The van der Waals surface area contributed by atoms with E-state index in [1.165, 1.54) is 27.8 Å². The predicted octanol–water partition coefficient (Wildman–Crippen LogP) is 4.85. The Bertz CT molecular complexity index is 370. The van der Waals surface area contributed by atoms with Gasteiger partial charge in [-0.1, -0.05) is 39.5 Å². The average Bonchev–Trinajstić information content (AvgIpc) is 2.19. The smallest absolute Gasteiger partial charge is 0.0198 e. The highest BCUT2D eigenvalue weighted by molar-refractivity contribution is 5.67. The zero-order valence-corrected chi connectivity index (χ0v) is 10.6. The van der Waals surface area contributed by atoms with Crippen molar-refractivity contribution in [3.05, 3.63) is 41.0 Å². The number of hydrogen-bond donors (Lipinski definition) is 0. The summed E-state index contributed by atoms with van der Waals surface area (Å²) in [7, 11) is 0. The molecule has 0 fully saturated rings. The summed E-state index contributed by atoms with van der Waals surface area (Å²) in [5, 5.41) is 0. The highest BCUT2D eigenvalue weighted by Gasteiger charge is 2.08. The van der Waals surface area contributed by atoms with E-state index in [-0.39, 0.29) is 0 Å². The van der Waals surface area contributed by atoms with Crippen LogP contribution in [-0.4, -0.2) is 0 Å². The van der Waals surface area contributed by atoms with Crippen molar-refractivity contribution in [1.82, 2.24) is 0 Å². The molecule has 0 saturated heterocycles. The SMILES string of the molecule is C=C(CC)c1cc(C)c(C(C)C)cc1C. The molecule has 0 saturated carbocycles. The molecular weight excluding hydrogens is 180 g/mol. The summed E-state index contributed by atoms with van der Waals surface area (Å²) in [5.74, 6) is 0.604. The maximum absolute atomic E-state index is 4.12. The van der Waals surface area contributed by atoms with Crippen molar-refractivity contribution >= 4 is 5.57 Å². The number of aryl methyl sites for hydroxylation is 2. The maximum Gasteiger partial charge on any atom is -0.0198 e. The minimum absolute atomic E-state index is 0.604. The average molecular weight is 202 g/mol. The van der Waals surface area contributed by atoms with Gasteiger partial charge >= 0.3 is 0 Å². The lowest BCUT2D eigenvalue weighted by atomic mass is 9.90. The van der Waals surface area contributed by atoms with Gasteiger partial charge in [0.2, 0.25) is 0 Å². The molecule has 0 heterocycles. The topological polar surface area (TPSA) is 0 Å². The van der Waals surface area contributed by atoms with E-state index in [1.54, 1.807) is 0 Å². The Morgan fingerprint density at radius 1 is 1.20 bits per heavy atom. The first-order chi connectivity index (χ1) is 6.97. The lowest BCUT2D eigenvalue weighted by molar-refractivity contribution is 0.854. The van der Waals surface area contributed by atoms with E-state index in [4.69, 9.17) is 0 Å². The third-order valence-electron chi connectivity index (χ3n) is 3.04. The van der Waals surface area contributed by atoms with Crippen LogP contribution in [0.2, 0.25) is 0 Å². The van der Waals surface area contributed by atoms with E-state index < -0.39 is 0 Å². The van der Waals surface area contributed by atoms with E-state index in [1.807, 2.05) is 0 Å². The van der Waals surface area contributed by atoms with Gasteiger partial charge < -0.3 is 0 Å². The predicted molar refractivity (Wildman–Crippen MR) is 69.3 cm³/mol. The quantitative estimate of drug-likeness (QED) is 0.657. The van der Waals surface area contributed by atoms with Crippen LogP contribution in [0, 0.1) is 13.8 Å². The summed E-state index contributed by atoms with van der Waals surface area (Å²) in [4.78, 5) is 0. The molecule has 1 aromatic carbocycles. The third-order valence-corrected chi connectivity index (χ3v) is 3.04. The van der Waals surface area contributed by atoms with E-state index in [0.29, 0.717) is 5.92 Å². The molecule has 0 aliphatic heterocycles. The molecule has 0 N–H and O–H groups in total. The summed E-state index contributed by atoms with van der Waals surface area (Å²) in [5.41, 5.74) is 6.78. The van der Waals surface area contributed by atoms with Crippen molar-refractivity contribution in [1.29, 1.82) is 0 Å². The Morgan fingerprint density at radius 2 is 1.80 bits per heavy atom. The first-order valence-corrected chi connectivity index (χ1v) is 5.76. The lowest BCUT2D eigenvalue weighted by Gasteiger charge is -2.15. The maximum atomic E-state index is 4.12. The van der Waals surface area contributed by atoms with E-state index in [2.05, 4.69) is 53.3 Å². The molecule has 0 aliphatic rings. The second-order valence-corrected chi connectivity index (χ2v) is 4.64. The number of hydrogen-bond acceptors (Lipinski definition) is 0. The van der Waals surface area contributed by atoms with Crippen LogP contribution in [0.15, 0.2) is 18.7 Å². The first-order valence-electron chi connectivity index (χ1n) is 5.76. The lowest BCUT2D eigenvalue weighted by Crippen LogP contribution is -1.97. The standard InChI is InChI=1S/C15H22/c1-7-11(4)15-9-12(5)14(10(2)3)8-13(15)6/h8-10H,4,7H2,1-3,5-6H3. The minimum atomic E-state index is 0.604. The number of allylic oxidation sites excluding steroid dienone is 1. The van der Waals surface area contributed by atoms with Crippen LogP contribution in [0.1, 0.15) is 55.4 Å². The fourth-order valence-electron chi connectivity index (χ4n) is 2.03. The Hall–Kier alpha value is -1.04. The molecule has 0 aliphatic carbocycles. The highest BCUT2D eigenvalue weighted by Crippen LogP contribution is 2.27. The van der Waals surface area contributed by atoms with Gasteiger partial charge in [-0.05, 0) is 54.0 Å². The van der Waals surface area contributed by atoms with Crippen LogP contribution in [-0.2, 0) is 0 Å². The molecule has 0 spiro atoms. The van der Waals surface area contributed by atoms with Gasteiger partial charge in [-0.3, -0.25) is 0 Å². The zero-order valence-electron chi connectivity index (χ0n) is 10.6. The van der Waals surface area contributed by atoms with Crippen LogP contribution >= 0.6 is 0 Å². The van der Waals surface area contributed by atoms with Gasteiger partial charge in [-0.2, -0.15) is 0 Å². The van der Waals surface area contributed by atoms with Crippen molar-refractivity contribution in [3.8, 4) is 0 Å². The highest BCUT2D eigenvalue weighted by atomic mass is 14.1. The normalized spacial score (nSPS) is 10.8. The molecular formula is C15H22.